The molecule has 0 radical (unpaired) electrons. The number of ether oxygens (including phenoxy) is 1. The highest BCUT2D eigenvalue weighted by atomic mass is 32.2. The molecule has 2 aromatic heterocycles. The largest absolute Gasteiger partial charge is 0.497 e. The number of hydrogen-bond acceptors (Lipinski definition) is 6. The summed E-state index contributed by atoms with van der Waals surface area (Å²) in [6.45, 7) is 2.04. The minimum atomic E-state index is 0.0578. The second-order valence-corrected chi connectivity index (χ2v) is 6.78. The molecule has 0 aliphatic heterocycles. The molecule has 22 heavy (non-hydrogen) atoms. The van der Waals surface area contributed by atoms with E-state index in [2.05, 4.69) is 20.1 Å². The van der Waals surface area contributed by atoms with E-state index in [1.165, 1.54) is 12.8 Å². The predicted octanol–water partition coefficient (Wildman–Crippen LogP) is 3.69. The highest BCUT2D eigenvalue weighted by Gasteiger charge is 2.29. The lowest BCUT2D eigenvalue weighted by molar-refractivity contribution is 0.375. The standard InChI is InChI=1S/C15H16N4O2S/c1-8(14-18-13(19-21-14)9-3-4-9)22-15-16-11-6-5-10(20-2)7-12(11)17-15/h5-9H,3-4H2,1-2H3,(H,16,17). The van der Waals surface area contributed by atoms with Crippen molar-refractivity contribution in [1.82, 2.24) is 20.1 Å². The molecule has 0 saturated heterocycles. The van der Waals surface area contributed by atoms with Gasteiger partial charge in [-0.05, 0) is 31.9 Å². The van der Waals surface area contributed by atoms with Gasteiger partial charge in [-0.25, -0.2) is 4.98 Å². The Morgan fingerprint density at radius 1 is 1.36 bits per heavy atom. The van der Waals surface area contributed by atoms with Crippen molar-refractivity contribution in [3.63, 3.8) is 0 Å². The van der Waals surface area contributed by atoms with Gasteiger partial charge in [-0.2, -0.15) is 4.98 Å². The second kappa shape index (κ2) is 5.31. The molecule has 7 heteroatoms. The quantitative estimate of drug-likeness (QED) is 0.723. The maximum Gasteiger partial charge on any atom is 0.239 e. The highest BCUT2D eigenvalue weighted by Crippen LogP contribution is 2.40. The van der Waals surface area contributed by atoms with E-state index in [0.29, 0.717) is 11.8 Å². The van der Waals surface area contributed by atoms with Crippen molar-refractivity contribution in [3.8, 4) is 5.75 Å². The molecular weight excluding hydrogens is 300 g/mol. The Kier molecular flexibility index (Phi) is 3.29. The molecule has 1 aliphatic rings. The van der Waals surface area contributed by atoms with E-state index in [-0.39, 0.29) is 5.25 Å². The number of benzene rings is 1. The van der Waals surface area contributed by atoms with Crippen LogP contribution >= 0.6 is 11.8 Å². The van der Waals surface area contributed by atoms with Crippen LogP contribution in [-0.2, 0) is 0 Å². The number of fused-ring (bicyclic) bond motifs is 1. The summed E-state index contributed by atoms with van der Waals surface area (Å²) in [6.07, 6.45) is 2.35. The van der Waals surface area contributed by atoms with Gasteiger partial charge >= 0.3 is 0 Å². The van der Waals surface area contributed by atoms with E-state index in [1.807, 2.05) is 25.1 Å². The van der Waals surface area contributed by atoms with Crippen molar-refractivity contribution < 1.29 is 9.26 Å². The number of nitrogens with one attached hydrogen (secondary N) is 1. The van der Waals surface area contributed by atoms with Crippen LogP contribution in [0.1, 0.15) is 42.6 Å². The first-order valence-electron chi connectivity index (χ1n) is 7.27. The van der Waals surface area contributed by atoms with Gasteiger partial charge in [0.2, 0.25) is 5.89 Å². The molecule has 4 rings (SSSR count). The first-order chi connectivity index (χ1) is 10.7. The summed E-state index contributed by atoms with van der Waals surface area (Å²) in [5.41, 5.74) is 1.87. The van der Waals surface area contributed by atoms with E-state index in [9.17, 15) is 0 Å². The Bertz CT molecular complexity index is 809. The molecule has 1 fully saturated rings. The molecule has 0 spiro atoms. The van der Waals surface area contributed by atoms with Gasteiger partial charge in [-0.1, -0.05) is 16.9 Å². The maximum atomic E-state index is 5.37. The summed E-state index contributed by atoms with van der Waals surface area (Å²) in [6, 6.07) is 5.78. The smallest absolute Gasteiger partial charge is 0.239 e. The van der Waals surface area contributed by atoms with E-state index >= 15 is 0 Å². The van der Waals surface area contributed by atoms with Gasteiger partial charge in [0.15, 0.2) is 11.0 Å². The average Bonchev–Trinajstić information content (AvgIpc) is 3.11. The Labute approximate surface area is 131 Å². The number of aromatic amines is 1. The van der Waals surface area contributed by atoms with Gasteiger partial charge in [0.05, 0.1) is 23.4 Å². The van der Waals surface area contributed by atoms with Crippen molar-refractivity contribution in [1.29, 1.82) is 0 Å². The number of thioether (sulfide) groups is 1. The molecule has 2 heterocycles. The molecule has 1 unspecified atom stereocenters. The fraction of sp³-hybridized carbons (Fsp3) is 0.400. The monoisotopic (exact) mass is 316 g/mol. The number of nitrogens with zero attached hydrogens (tertiary/aromatic N) is 3. The maximum absolute atomic E-state index is 5.37. The lowest BCUT2D eigenvalue weighted by Gasteiger charge is -2.02. The molecule has 1 atom stereocenters. The van der Waals surface area contributed by atoms with Gasteiger partial charge in [0.1, 0.15) is 5.75 Å². The van der Waals surface area contributed by atoms with Crippen molar-refractivity contribution in [3.05, 3.63) is 29.9 Å². The van der Waals surface area contributed by atoms with Crippen LogP contribution < -0.4 is 4.74 Å². The number of aromatic nitrogens is 4. The Hall–Kier alpha value is -2.02. The van der Waals surface area contributed by atoms with Gasteiger partial charge in [0, 0.05) is 12.0 Å². The summed E-state index contributed by atoms with van der Waals surface area (Å²) in [7, 11) is 1.66. The normalized spacial score (nSPS) is 16.1. The minimum absolute atomic E-state index is 0.0578. The molecule has 1 aromatic carbocycles. The highest BCUT2D eigenvalue weighted by molar-refractivity contribution is 7.99. The third-order valence-electron chi connectivity index (χ3n) is 3.70. The van der Waals surface area contributed by atoms with E-state index in [0.717, 1.165) is 27.8 Å². The van der Waals surface area contributed by atoms with Crippen molar-refractivity contribution in [2.45, 2.75) is 36.1 Å². The van der Waals surface area contributed by atoms with Crippen LogP contribution in [0, 0.1) is 0 Å². The van der Waals surface area contributed by atoms with Crippen LogP contribution in [-0.4, -0.2) is 27.2 Å². The Morgan fingerprint density at radius 2 is 2.23 bits per heavy atom. The minimum Gasteiger partial charge on any atom is -0.497 e. The zero-order chi connectivity index (χ0) is 15.1. The fourth-order valence-corrected chi connectivity index (χ4v) is 3.14. The third-order valence-corrected chi connectivity index (χ3v) is 4.68. The Balaban J connectivity index is 1.53. The Morgan fingerprint density at radius 3 is 3.00 bits per heavy atom. The lowest BCUT2D eigenvalue weighted by atomic mass is 10.3. The van der Waals surface area contributed by atoms with Gasteiger partial charge in [0.25, 0.3) is 0 Å². The second-order valence-electron chi connectivity index (χ2n) is 5.45. The third kappa shape index (κ3) is 2.56. The summed E-state index contributed by atoms with van der Waals surface area (Å²) >= 11 is 1.58. The number of hydrogen-bond donors (Lipinski definition) is 1. The summed E-state index contributed by atoms with van der Waals surface area (Å²) in [5.74, 6) is 2.82. The van der Waals surface area contributed by atoms with Crippen LogP contribution in [0.3, 0.4) is 0 Å². The van der Waals surface area contributed by atoms with Gasteiger partial charge in [-0.15, -0.1) is 0 Å². The zero-order valence-electron chi connectivity index (χ0n) is 12.4. The van der Waals surface area contributed by atoms with Crippen LogP contribution in [0.4, 0.5) is 0 Å². The summed E-state index contributed by atoms with van der Waals surface area (Å²) in [5, 5.41) is 4.95. The molecule has 1 saturated carbocycles. The SMILES string of the molecule is COc1ccc2nc(SC(C)c3nc(C4CC4)no3)[nH]c2c1. The van der Waals surface area contributed by atoms with Crippen molar-refractivity contribution >= 4 is 22.8 Å². The number of rotatable bonds is 5. The van der Waals surface area contributed by atoms with Crippen molar-refractivity contribution in [2.75, 3.05) is 7.11 Å². The molecular formula is C15H16N4O2S. The molecule has 3 aromatic rings. The first-order valence-corrected chi connectivity index (χ1v) is 8.15. The van der Waals surface area contributed by atoms with E-state index in [1.54, 1.807) is 18.9 Å². The van der Waals surface area contributed by atoms with Crippen LogP contribution in [0.5, 0.6) is 5.75 Å². The fourth-order valence-electron chi connectivity index (χ4n) is 2.29. The zero-order valence-corrected chi connectivity index (χ0v) is 13.2. The van der Waals surface area contributed by atoms with Gasteiger partial charge < -0.3 is 14.2 Å². The average molecular weight is 316 g/mol. The van der Waals surface area contributed by atoms with Crippen LogP contribution in [0.15, 0.2) is 27.9 Å². The molecule has 0 bridgehead atoms. The molecule has 6 nitrogen and oxygen atoms in total. The topological polar surface area (TPSA) is 76.8 Å². The molecule has 0 amide bonds. The van der Waals surface area contributed by atoms with E-state index < -0.39 is 0 Å². The van der Waals surface area contributed by atoms with Crippen LogP contribution in [0.2, 0.25) is 0 Å². The number of H-pyrrole nitrogens is 1. The molecule has 114 valence electrons. The molecule has 1 aliphatic carbocycles. The first kappa shape index (κ1) is 13.6. The van der Waals surface area contributed by atoms with Crippen LogP contribution in [0.25, 0.3) is 11.0 Å². The number of imidazole rings is 1. The van der Waals surface area contributed by atoms with Crippen molar-refractivity contribution in [2.24, 2.45) is 0 Å². The molecule has 1 N–H and O–H groups in total. The summed E-state index contributed by atoms with van der Waals surface area (Å²) in [4.78, 5) is 12.4. The lowest BCUT2D eigenvalue weighted by Crippen LogP contribution is -1.90. The number of methoxy groups -OCH3 is 1. The summed E-state index contributed by atoms with van der Waals surface area (Å²) < 4.78 is 10.6. The van der Waals surface area contributed by atoms with E-state index in [4.69, 9.17) is 9.26 Å². The predicted molar refractivity (Wildman–Crippen MR) is 83.2 cm³/mol. The van der Waals surface area contributed by atoms with Gasteiger partial charge in [-0.3, -0.25) is 0 Å².